The predicted octanol–water partition coefficient (Wildman–Crippen LogP) is 3.25. The number of amides is 1. The number of aldehydes is 2. The summed E-state index contributed by atoms with van der Waals surface area (Å²) >= 11 is 6.05. The Morgan fingerprint density at radius 3 is 2.57 bits per heavy atom. The predicted molar refractivity (Wildman–Crippen MR) is 187 cm³/mol. The fraction of sp³-hybridized carbons (Fsp3) is 0.441. The van der Waals surface area contributed by atoms with E-state index in [2.05, 4.69) is 32.3 Å². The van der Waals surface area contributed by atoms with E-state index in [-0.39, 0.29) is 18.4 Å². The molecule has 0 aliphatic carbocycles. The van der Waals surface area contributed by atoms with Gasteiger partial charge in [0.1, 0.15) is 23.6 Å². The van der Waals surface area contributed by atoms with Crippen molar-refractivity contribution in [3.05, 3.63) is 76.0 Å². The first-order valence-electron chi connectivity index (χ1n) is 15.8. The monoisotopic (exact) mass is 681 g/mol. The van der Waals surface area contributed by atoms with E-state index in [1.165, 1.54) is 18.1 Å². The van der Waals surface area contributed by atoms with Crippen LogP contribution in [0.15, 0.2) is 68.6 Å². The lowest BCUT2D eigenvalue weighted by Crippen LogP contribution is -2.44. The van der Waals surface area contributed by atoms with Crippen molar-refractivity contribution < 1.29 is 18.6 Å². The average molecular weight is 682 g/mol. The zero-order valence-corrected chi connectivity index (χ0v) is 28.5. The maximum Gasteiger partial charge on any atom is 0.255 e. The smallest absolute Gasteiger partial charge is 0.255 e. The van der Waals surface area contributed by atoms with Crippen LogP contribution in [0, 0.1) is 0 Å². The molecule has 3 aliphatic rings. The molecule has 1 amide bonds. The van der Waals surface area contributed by atoms with E-state index in [9.17, 15) is 18.6 Å². The minimum Gasteiger partial charge on any atom is -0.390 e. The molecular weight excluding hydrogens is 638 g/mol. The van der Waals surface area contributed by atoms with E-state index < -0.39 is 17.0 Å². The molecule has 11 nitrogen and oxygen atoms in total. The van der Waals surface area contributed by atoms with Crippen LogP contribution in [0.1, 0.15) is 58.6 Å². The molecule has 0 aromatic heterocycles. The second kappa shape index (κ2) is 18.1. The lowest BCUT2D eigenvalue weighted by atomic mass is 9.89. The maximum atomic E-state index is 13.4. The van der Waals surface area contributed by atoms with Gasteiger partial charge in [-0.3, -0.25) is 14.7 Å². The first-order chi connectivity index (χ1) is 22.8. The Balaban J connectivity index is 0.00000160. The number of nitrogens with two attached hydrogens (primary N) is 1. The summed E-state index contributed by atoms with van der Waals surface area (Å²) < 4.78 is 15.4. The van der Waals surface area contributed by atoms with Crippen LogP contribution in [0.25, 0.3) is 0 Å². The zero-order chi connectivity index (χ0) is 33.8. The van der Waals surface area contributed by atoms with E-state index in [0.717, 1.165) is 61.1 Å². The molecule has 3 heterocycles. The van der Waals surface area contributed by atoms with Crippen molar-refractivity contribution in [2.45, 2.75) is 61.7 Å². The summed E-state index contributed by atoms with van der Waals surface area (Å²) in [5.74, 6) is 0.216. The van der Waals surface area contributed by atoms with Gasteiger partial charge in [0, 0.05) is 69.6 Å². The van der Waals surface area contributed by atoms with Crippen LogP contribution in [0.5, 0.6) is 0 Å². The fourth-order valence-corrected chi connectivity index (χ4v) is 7.37. The minimum atomic E-state index is -1.24. The molecule has 2 fully saturated rings. The summed E-state index contributed by atoms with van der Waals surface area (Å²) in [5.41, 5.74) is 9.11. The van der Waals surface area contributed by atoms with Gasteiger partial charge in [-0.1, -0.05) is 35.9 Å². The number of hydrogen-bond donors (Lipinski definition) is 2. The first-order valence-corrected chi connectivity index (χ1v) is 17.3. The topological polar surface area (TPSA) is 141 Å². The van der Waals surface area contributed by atoms with Crippen LogP contribution in [-0.2, 0) is 33.7 Å². The number of carbonyl (C=O) groups is 3. The third kappa shape index (κ3) is 9.74. The number of benzene rings is 2. The number of nitrogens with zero attached hydrogens (tertiary/aromatic N) is 5. The van der Waals surface area contributed by atoms with Crippen molar-refractivity contribution in [3.63, 3.8) is 0 Å². The van der Waals surface area contributed by atoms with Crippen molar-refractivity contribution in [2.24, 2.45) is 15.7 Å². The maximum absolute atomic E-state index is 13.4. The molecule has 0 spiro atoms. The summed E-state index contributed by atoms with van der Waals surface area (Å²) in [6, 6.07) is 13.5. The second-order valence-corrected chi connectivity index (χ2v) is 13.8. The van der Waals surface area contributed by atoms with Crippen LogP contribution >= 0.6 is 11.6 Å². The number of hydrogen-bond acceptors (Lipinski definition) is 8. The average Bonchev–Trinajstić information content (AvgIpc) is 3.40. The molecule has 0 radical (unpaired) electrons. The van der Waals surface area contributed by atoms with Crippen LogP contribution in [0.4, 0.5) is 0 Å². The Bertz CT molecular complexity index is 1500. The molecule has 13 heteroatoms. The molecule has 3 aliphatic heterocycles. The minimum absolute atomic E-state index is 0.129. The van der Waals surface area contributed by atoms with Gasteiger partial charge in [-0.15, -0.1) is 0 Å². The summed E-state index contributed by atoms with van der Waals surface area (Å²) in [6.45, 7) is 4.33. The molecule has 252 valence electrons. The van der Waals surface area contributed by atoms with E-state index in [1.54, 1.807) is 11.1 Å². The molecule has 5 rings (SSSR count). The molecule has 2 saturated heterocycles. The van der Waals surface area contributed by atoms with Gasteiger partial charge in [-0.25, -0.2) is 13.5 Å². The van der Waals surface area contributed by atoms with Crippen molar-refractivity contribution >= 4 is 53.6 Å². The van der Waals surface area contributed by atoms with Gasteiger partial charge in [-0.2, -0.15) is 0 Å². The normalized spacial score (nSPS) is 19.3. The number of piperidine rings is 1. The van der Waals surface area contributed by atoms with Crippen LogP contribution in [0.2, 0.25) is 0 Å². The van der Waals surface area contributed by atoms with Crippen LogP contribution in [0.3, 0.4) is 0 Å². The molecule has 0 bridgehead atoms. The number of nitrogens with one attached hydrogen (secondary N) is 1. The number of halogens is 1. The Morgan fingerprint density at radius 2 is 1.89 bits per heavy atom. The lowest BCUT2D eigenvalue weighted by molar-refractivity contribution is -0.112. The van der Waals surface area contributed by atoms with Crippen LogP contribution < -0.4 is 11.1 Å². The van der Waals surface area contributed by atoms with E-state index in [1.807, 2.05) is 48.7 Å². The molecule has 2 unspecified atom stereocenters. The van der Waals surface area contributed by atoms with E-state index in [4.69, 9.17) is 17.3 Å². The van der Waals surface area contributed by atoms with Gasteiger partial charge < -0.3 is 25.5 Å². The summed E-state index contributed by atoms with van der Waals surface area (Å²) in [7, 11) is 2.51. The van der Waals surface area contributed by atoms with Crippen LogP contribution in [-0.4, -0.2) is 102 Å². The Hall–Kier alpha value is -3.55. The van der Waals surface area contributed by atoms with Crippen molar-refractivity contribution in [2.75, 3.05) is 40.3 Å². The number of likely N-dealkylation sites (tertiary alicyclic amines) is 1. The molecule has 47 heavy (non-hydrogen) atoms. The molecule has 2 aromatic carbocycles. The highest BCUT2D eigenvalue weighted by Crippen LogP contribution is 2.33. The summed E-state index contributed by atoms with van der Waals surface area (Å²) in [5, 5.41) is 3.16. The third-order valence-corrected chi connectivity index (χ3v) is 10.1. The van der Waals surface area contributed by atoms with Gasteiger partial charge in [0.2, 0.25) is 0 Å². The number of rotatable bonds is 13. The summed E-state index contributed by atoms with van der Waals surface area (Å²) in [6.07, 6.45) is 7.95. The number of allylic oxidation sites excluding steroid dienone is 1. The van der Waals surface area contributed by atoms with Gasteiger partial charge >= 0.3 is 0 Å². The third-order valence-electron chi connectivity index (χ3n) is 8.38. The highest BCUT2D eigenvalue weighted by Gasteiger charge is 2.34. The lowest BCUT2D eigenvalue weighted by Gasteiger charge is -2.40. The largest absolute Gasteiger partial charge is 0.390 e. The second-order valence-electron chi connectivity index (χ2n) is 11.8. The highest BCUT2D eigenvalue weighted by molar-refractivity contribution is 7.82. The molecule has 2 atom stereocenters. The van der Waals surface area contributed by atoms with Gasteiger partial charge in [0.05, 0.1) is 28.3 Å². The number of carbonyl (C=O) groups excluding carboxylic acids is 3. The Kier molecular flexibility index (Phi) is 14.0. The number of fused-ring (bicyclic) bond motifs is 1. The van der Waals surface area contributed by atoms with Gasteiger partial charge in [0.15, 0.2) is 0 Å². The molecule has 2 aromatic rings. The standard InChI is InChI=1S/C32H37ClN6O4S.C2H7N/c33-27(15-35-22-34)16-36-28-8-10-38(11-9-28)44(43)30-5-1-3-23(13-30)17-37-18-26(19-37)24-6-7-31-25(14-24)20-39(32(31)42)29(21-41)4-2-12-40;1-3-2/h1,3,5-7,12-16,21-22,26,28-29H,2,4,8-11,17-20H2,(H2,34,35);3H,1-2H3/b27-15+,36-16?;. The van der Waals surface area contributed by atoms with Gasteiger partial charge in [0.25, 0.3) is 5.91 Å². The van der Waals surface area contributed by atoms with Crippen molar-refractivity contribution in [1.82, 2.24) is 19.4 Å². The highest BCUT2D eigenvalue weighted by atomic mass is 35.5. The van der Waals surface area contributed by atoms with Crippen molar-refractivity contribution in [3.8, 4) is 0 Å². The Labute approximate surface area is 284 Å². The van der Waals surface area contributed by atoms with Gasteiger partial charge in [-0.05, 0) is 68.2 Å². The Morgan fingerprint density at radius 1 is 1.15 bits per heavy atom. The van der Waals surface area contributed by atoms with Crippen molar-refractivity contribution in [1.29, 1.82) is 0 Å². The SMILES string of the molecule is CNC.NC=N/C=C(/Cl)C=NC1CCN(S(=O)c2cccc(CN3CC(c4ccc5c(c4)CN(C(C=O)CCC=O)C5=O)C3)c2)CC1. The molecule has 3 N–H and O–H groups in total. The number of aliphatic imine (C=N–C) groups is 2. The first kappa shape index (κ1) is 36.3. The molecular formula is C34H44ClN7O4S. The summed E-state index contributed by atoms with van der Waals surface area (Å²) in [4.78, 5) is 48.3. The quantitative estimate of drug-likeness (QED) is 0.188. The van der Waals surface area contributed by atoms with E-state index >= 15 is 0 Å². The van der Waals surface area contributed by atoms with E-state index in [0.29, 0.717) is 42.6 Å². The zero-order valence-electron chi connectivity index (χ0n) is 27.0. The fourth-order valence-electron chi connectivity index (χ4n) is 5.97. The molecule has 0 saturated carbocycles.